The second-order valence-corrected chi connectivity index (χ2v) is 5.84. The lowest BCUT2D eigenvalue weighted by atomic mass is 9.68. The van der Waals surface area contributed by atoms with Gasteiger partial charge in [-0.25, -0.2) is 9.37 Å². The molecule has 0 spiro atoms. The number of hydrogen-bond acceptors (Lipinski definition) is 2. The molecule has 1 fully saturated rings. The molecule has 2 aromatic rings. The third-order valence-electron chi connectivity index (χ3n) is 4.36. The highest BCUT2D eigenvalue weighted by atomic mass is 19.1. The van der Waals surface area contributed by atoms with E-state index in [1.807, 2.05) is 6.07 Å². The molecule has 3 nitrogen and oxygen atoms in total. The van der Waals surface area contributed by atoms with Crippen LogP contribution in [0.1, 0.15) is 45.0 Å². The van der Waals surface area contributed by atoms with Crippen molar-refractivity contribution >= 4 is 11.0 Å². The summed E-state index contributed by atoms with van der Waals surface area (Å²) in [6, 6.07) is 5.42. The van der Waals surface area contributed by atoms with Gasteiger partial charge in [-0.1, -0.05) is 12.5 Å². The number of benzene rings is 1. The van der Waals surface area contributed by atoms with Crippen LogP contribution in [-0.2, 0) is 5.41 Å². The molecule has 19 heavy (non-hydrogen) atoms. The molecule has 4 heteroatoms. The predicted molar refractivity (Wildman–Crippen MR) is 74.7 cm³/mol. The van der Waals surface area contributed by atoms with Crippen molar-refractivity contribution in [1.82, 2.24) is 9.55 Å². The Morgan fingerprint density at radius 3 is 2.68 bits per heavy atom. The Hall–Kier alpha value is -1.42. The molecule has 0 amide bonds. The average molecular weight is 261 g/mol. The first-order valence-corrected chi connectivity index (χ1v) is 6.96. The van der Waals surface area contributed by atoms with Crippen LogP contribution >= 0.6 is 0 Å². The first-order chi connectivity index (χ1) is 9.09. The van der Waals surface area contributed by atoms with E-state index in [4.69, 9.17) is 5.73 Å². The molecule has 1 saturated carbocycles. The first kappa shape index (κ1) is 12.6. The van der Waals surface area contributed by atoms with Crippen LogP contribution in [0.4, 0.5) is 4.39 Å². The van der Waals surface area contributed by atoms with Crippen LogP contribution in [0, 0.1) is 5.82 Å². The Balaban J connectivity index is 2.29. The topological polar surface area (TPSA) is 43.8 Å². The standard InChI is InChI=1S/C15H20FN3/c1-10(2)19-12-6-3-5-11(16)13(12)18-14(19)15(9-17)7-4-8-15/h3,5-6,10H,4,7-9,17H2,1-2H3. The van der Waals surface area contributed by atoms with E-state index in [0.717, 1.165) is 24.2 Å². The smallest absolute Gasteiger partial charge is 0.151 e. The summed E-state index contributed by atoms with van der Waals surface area (Å²) in [5, 5.41) is 0. The largest absolute Gasteiger partial charge is 0.329 e. The fourth-order valence-corrected chi connectivity index (χ4v) is 3.10. The van der Waals surface area contributed by atoms with Crippen molar-refractivity contribution in [3.8, 4) is 0 Å². The van der Waals surface area contributed by atoms with Gasteiger partial charge in [-0.3, -0.25) is 0 Å². The Morgan fingerprint density at radius 1 is 1.42 bits per heavy atom. The zero-order chi connectivity index (χ0) is 13.6. The van der Waals surface area contributed by atoms with E-state index in [1.165, 1.54) is 12.5 Å². The molecule has 1 aromatic heterocycles. The Kier molecular flexibility index (Phi) is 2.86. The van der Waals surface area contributed by atoms with Gasteiger partial charge in [-0.2, -0.15) is 0 Å². The van der Waals surface area contributed by atoms with Crippen molar-refractivity contribution in [2.45, 2.75) is 44.6 Å². The summed E-state index contributed by atoms with van der Waals surface area (Å²) in [4.78, 5) is 4.61. The number of nitrogens with two attached hydrogens (primary N) is 1. The first-order valence-electron chi connectivity index (χ1n) is 6.96. The van der Waals surface area contributed by atoms with Gasteiger partial charge in [0.1, 0.15) is 11.3 Å². The zero-order valence-corrected chi connectivity index (χ0v) is 11.5. The van der Waals surface area contributed by atoms with Gasteiger partial charge in [0, 0.05) is 18.0 Å². The van der Waals surface area contributed by atoms with Crippen molar-refractivity contribution < 1.29 is 4.39 Å². The molecule has 102 valence electrons. The van der Waals surface area contributed by atoms with Crippen molar-refractivity contribution in [2.75, 3.05) is 6.54 Å². The molecule has 0 radical (unpaired) electrons. The maximum Gasteiger partial charge on any atom is 0.151 e. The van der Waals surface area contributed by atoms with Gasteiger partial charge in [-0.15, -0.1) is 0 Å². The SMILES string of the molecule is CC(C)n1c(C2(CN)CCC2)nc2c(F)cccc21. The molecule has 0 bridgehead atoms. The summed E-state index contributed by atoms with van der Waals surface area (Å²) in [6.07, 6.45) is 3.29. The molecule has 1 aromatic carbocycles. The van der Waals surface area contributed by atoms with Crippen LogP contribution in [-0.4, -0.2) is 16.1 Å². The summed E-state index contributed by atoms with van der Waals surface area (Å²) in [5.74, 6) is 0.723. The summed E-state index contributed by atoms with van der Waals surface area (Å²) in [6.45, 7) is 4.81. The maximum atomic E-state index is 13.9. The Bertz CT molecular complexity index is 606. The molecule has 0 saturated heterocycles. The van der Waals surface area contributed by atoms with Gasteiger partial charge in [0.15, 0.2) is 5.82 Å². The summed E-state index contributed by atoms with van der Waals surface area (Å²) < 4.78 is 16.1. The van der Waals surface area contributed by atoms with Gasteiger partial charge in [0.25, 0.3) is 0 Å². The van der Waals surface area contributed by atoms with E-state index >= 15 is 0 Å². The number of nitrogens with zero attached hydrogens (tertiary/aromatic N) is 2. The fourth-order valence-electron chi connectivity index (χ4n) is 3.10. The molecule has 1 heterocycles. The summed E-state index contributed by atoms with van der Waals surface area (Å²) in [7, 11) is 0. The lowest BCUT2D eigenvalue weighted by molar-refractivity contribution is 0.228. The number of halogens is 1. The number of hydrogen-bond donors (Lipinski definition) is 1. The molecule has 0 unspecified atom stereocenters. The maximum absolute atomic E-state index is 13.9. The Morgan fingerprint density at radius 2 is 2.16 bits per heavy atom. The van der Waals surface area contributed by atoms with Gasteiger partial charge >= 0.3 is 0 Å². The average Bonchev–Trinajstić information content (AvgIpc) is 2.69. The quantitative estimate of drug-likeness (QED) is 0.922. The van der Waals surface area contributed by atoms with Crippen LogP contribution in [0.2, 0.25) is 0 Å². The third-order valence-corrected chi connectivity index (χ3v) is 4.36. The van der Waals surface area contributed by atoms with Crippen LogP contribution < -0.4 is 5.73 Å². The number of imidazole rings is 1. The van der Waals surface area contributed by atoms with Crippen molar-refractivity contribution in [3.05, 3.63) is 29.8 Å². The normalized spacial score (nSPS) is 17.9. The lowest BCUT2D eigenvalue weighted by Crippen LogP contribution is -2.44. The van der Waals surface area contributed by atoms with Crippen molar-refractivity contribution in [1.29, 1.82) is 0 Å². The molecule has 1 aliphatic carbocycles. The van der Waals surface area contributed by atoms with Crippen LogP contribution in [0.15, 0.2) is 18.2 Å². The number of rotatable bonds is 3. The molecule has 1 aliphatic rings. The Labute approximate surface area is 112 Å². The molecular formula is C15H20FN3. The van der Waals surface area contributed by atoms with E-state index in [0.29, 0.717) is 12.1 Å². The van der Waals surface area contributed by atoms with Crippen molar-refractivity contribution in [3.63, 3.8) is 0 Å². The summed E-state index contributed by atoms with van der Waals surface area (Å²) >= 11 is 0. The predicted octanol–water partition coefficient (Wildman–Crippen LogP) is 3.14. The summed E-state index contributed by atoms with van der Waals surface area (Å²) in [5.41, 5.74) is 7.29. The fraction of sp³-hybridized carbons (Fsp3) is 0.533. The van der Waals surface area contributed by atoms with Crippen LogP contribution in [0.25, 0.3) is 11.0 Å². The minimum atomic E-state index is -0.246. The van der Waals surface area contributed by atoms with E-state index in [1.54, 1.807) is 6.07 Å². The number of fused-ring (bicyclic) bond motifs is 1. The molecule has 0 aliphatic heterocycles. The molecule has 2 N–H and O–H groups in total. The monoisotopic (exact) mass is 261 g/mol. The molecular weight excluding hydrogens is 241 g/mol. The van der Waals surface area contributed by atoms with E-state index < -0.39 is 0 Å². The van der Waals surface area contributed by atoms with Gasteiger partial charge in [0.05, 0.1) is 5.52 Å². The second-order valence-electron chi connectivity index (χ2n) is 5.84. The van der Waals surface area contributed by atoms with Crippen LogP contribution in [0.5, 0.6) is 0 Å². The lowest BCUT2D eigenvalue weighted by Gasteiger charge is -2.41. The minimum Gasteiger partial charge on any atom is -0.329 e. The molecule has 0 atom stereocenters. The minimum absolute atomic E-state index is 0.0459. The second kappa shape index (κ2) is 4.30. The van der Waals surface area contributed by atoms with E-state index in [9.17, 15) is 4.39 Å². The highest BCUT2D eigenvalue weighted by Crippen LogP contribution is 2.44. The van der Waals surface area contributed by atoms with Gasteiger partial charge < -0.3 is 10.3 Å². The van der Waals surface area contributed by atoms with Crippen LogP contribution in [0.3, 0.4) is 0 Å². The highest BCUT2D eigenvalue weighted by molar-refractivity contribution is 5.77. The van der Waals surface area contributed by atoms with E-state index in [2.05, 4.69) is 23.4 Å². The number of aromatic nitrogens is 2. The molecule has 3 rings (SSSR count). The van der Waals surface area contributed by atoms with E-state index in [-0.39, 0.29) is 17.3 Å². The number of para-hydroxylation sites is 1. The highest BCUT2D eigenvalue weighted by Gasteiger charge is 2.42. The van der Waals surface area contributed by atoms with Crippen molar-refractivity contribution in [2.24, 2.45) is 5.73 Å². The third kappa shape index (κ3) is 1.70. The zero-order valence-electron chi connectivity index (χ0n) is 11.5. The van der Waals surface area contributed by atoms with Gasteiger partial charge in [-0.05, 0) is 38.8 Å². The van der Waals surface area contributed by atoms with Gasteiger partial charge in [0.2, 0.25) is 0 Å².